The first-order chi connectivity index (χ1) is 8.30. The van der Waals surface area contributed by atoms with Gasteiger partial charge in [-0.3, -0.25) is 0 Å². The van der Waals surface area contributed by atoms with Gasteiger partial charge in [-0.05, 0) is 32.4 Å². The number of rotatable bonds is 6. The van der Waals surface area contributed by atoms with Gasteiger partial charge < -0.3 is 10.1 Å². The zero-order chi connectivity index (χ0) is 12.5. The van der Waals surface area contributed by atoms with Crippen molar-refractivity contribution in [3.8, 4) is 17.7 Å². The molecule has 1 N–H and O–H groups in total. The van der Waals surface area contributed by atoms with E-state index in [1.54, 1.807) is 7.11 Å². The summed E-state index contributed by atoms with van der Waals surface area (Å²) in [6.07, 6.45) is 4.84. The van der Waals surface area contributed by atoms with E-state index in [2.05, 4.69) is 28.2 Å². The summed E-state index contributed by atoms with van der Waals surface area (Å²) in [5.74, 6) is 6.67. The first-order valence-electron chi connectivity index (χ1n) is 5.86. The molecule has 0 aromatic carbocycles. The molecule has 1 aromatic rings. The van der Waals surface area contributed by atoms with Gasteiger partial charge in [0, 0.05) is 24.7 Å². The molecule has 1 unspecified atom stereocenters. The molecule has 3 nitrogen and oxygen atoms in total. The second-order valence-corrected chi connectivity index (χ2v) is 3.86. The van der Waals surface area contributed by atoms with Crippen molar-refractivity contribution < 1.29 is 4.74 Å². The fraction of sp³-hybridized carbons (Fsp3) is 0.500. The van der Waals surface area contributed by atoms with Crippen LogP contribution in [0.1, 0.15) is 25.3 Å². The number of nitrogens with one attached hydrogen (secondary N) is 1. The number of hydrogen-bond acceptors (Lipinski definition) is 3. The van der Waals surface area contributed by atoms with Crippen LogP contribution in [0.5, 0.6) is 5.88 Å². The summed E-state index contributed by atoms with van der Waals surface area (Å²) < 4.78 is 5.03. The summed E-state index contributed by atoms with van der Waals surface area (Å²) in [6.45, 7) is 1.88. The molecule has 1 atom stereocenters. The number of nitrogens with zero attached hydrogens (tertiary/aromatic N) is 1. The van der Waals surface area contributed by atoms with Crippen molar-refractivity contribution >= 4 is 0 Å². The van der Waals surface area contributed by atoms with Crippen LogP contribution < -0.4 is 10.1 Å². The summed E-state index contributed by atoms with van der Waals surface area (Å²) in [5, 5.41) is 3.31. The molecule has 0 aliphatic carbocycles. The maximum atomic E-state index is 5.03. The molecular weight excluding hydrogens is 212 g/mol. The van der Waals surface area contributed by atoms with Gasteiger partial charge in [-0.15, -0.1) is 11.8 Å². The quantitative estimate of drug-likeness (QED) is 0.762. The molecule has 0 spiro atoms. The van der Waals surface area contributed by atoms with E-state index in [0.29, 0.717) is 11.9 Å². The van der Waals surface area contributed by atoms with E-state index in [1.807, 2.05) is 26.2 Å². The molecule has 0 amide bonds. The Hall–Kier alpha value is -1.53. The Balaban J connectivity index is 2.50. The van der Waals surface area contributed by atoms with E-state index in [1.165, 1.54) is 5.56 Å². The molecule has 0 fully saturated rings. The highest BCUT2D eigenvalue weighted by molar-refractivity contribution is 5.18. The fourth-order valence-electron chi connectivity index (χ4n) is 1.66. The highest BCUT2D eigenvalue weighted by Gasteiger charge is 2.06. The lowest BCUT2D eigenvalue weighted by atomic mass is 10.0. The molecule has 0 saturated carbocycles. The highest BCUT2D eigenvalue weighted by atomic mass is 16.5. The zero-order valence-electron chi connectivity index (χ0n) is 10.8. The molecule has 0 bridgehead atoms. The Bertz CT molecular complexity index is 375. The summed E-state index contributed by atoms with van der Waals surface area (Å²) in [6, 6.07) is 4.40. The normalized spacial score (nSPS) is 11.5. The maximum absolute atomic E-state index is 5.03. The Kier molecular flexibility index (Phi) is 6.13. The topological polar surface area (TPSA) is 34.1 Å². The minimum atomic E-state index is 0.450. The predicted molar refractivity (Wildman–Crippen MR) is 70.0 cm³/mol. The third-order valence-corrected chi connectivity index (χ3v) is 2.69. The number of likely N-dealkylation sites (N-methyl/N-ethyl adjacent to an activating group) is 1. The standard InChI is InChI=1S/C14H20N2O/c1-4-5-6-7-13(15-2)10-12-8-9-14(17-3)16-11-12/h8-9,11,13,15H,6-7,10H2,1-3H3. The van der Waals surface area contributed by atoms with E-state index in [-0.39, 0.29) is 0 Å². The van der Waals surface area contributed by atoms with Crippen molar-refractivity contribution in [3.63, 3.8) is 0 Å². The lowest BCUT2D eigenvalue weighted by Gasteiger charge is -2.14. The van der Waals surface area contributed by atoms with Crippen LogP contribution in [0.4, 0.5) is 0 Å². The van der Waals surface area contributed by atoms with Gasteiger partial charge in [-0.1, -0.05) is 6.07 Å². The molecule has 3 heteroatoms. The van der Waals surface area contributed by atoms with Gasteiger partial charge in [-0.25, -0.2) is 4.98 Å². The van der Waals surface area contributed by atoms with Crippen LogP contribution >= 0.6 is 0 Å². The van der Waals surface area contributed by atoms with Gasteiger partial charge >= 0.3 is 0 Å². The average molecular weight is 232 g/mol. The number of pyridine rings is 1. The molecule has 0 aliphatic heterocycles. The summed E-state index contributed by atoms with van der Waals surface area (Å²) in [4.78, 5) is 4.20. The van der Waals surface area contributed by atoms with Crippen molar-refractivity contribution in [3.05, 3.63) is 23.9 Å². The van der Waals surface area contributed by atoms with Crippen LogP contribution in [0, 0.1) is 11.8 Å². The van der Waals surface area contributed by atoms with Crippen molar-refractivity contribution in [2.75, 3.05) is 14.2 Å². The zero-order valence-corrected chi connectivity index (χ0v) is 10.8. The lowest BCUT2D eigenvalue weighted by molar-refractivity contribution is 0.397. The van der Waals surface area contributed by atoms with E-state index in [4.69, 9.17) is 4.74 Å². The van der Waals surface area contributed by atoms with Gasteiger partial charge in [0.05, 0.1) is 7.11 Å². The largest absolute Gasteiger partial charge is 0.481 e. The van der Waals surface area contributed by atoms with Gasteiger partial charge in [0.1, 0.15) is 0 Å². The van der Waals surface area contributed by atoms with Crippen LogP contribution in [0.15, 0.2) is 18.3 Å². The first-order valence-corrected chi connectivity index (χ1v) is 5.86. The van der Waals surface area contributed by atoms with E-state index in [9.17, 15) is 0 Å². The summed E-state index contributed by atoms with van der Waals surface area (Å²) in [5.41, 5.74) is 1.22. The fourth-order valence-corrected chi connectivity index (χ4v) is 1.66. The van der Waals surface area contributed by atoms with Crippen molar-refractivity contribution in [1.29, 1.82) is 0 Å². The van der Waals surface area contributed by atoms with Crippen LogP contribution in [0.2, 0.25) is 0 Å². The molecule has 92 valence electrons. The molecular formula is C14H20N2O. The van der Waals surface area contributed by atoms with Crippen LogP contribution in [-0.2, 0) is 6.42 Å². The van der Waals surface area contributed by atoms with E-state index >= 15 is 0 Å². The molecule has 0 radical (unpaired) electrons. The molecule has 1 heterocycles. The Labute approximate surface area is 104 Å². The van der Waals surface area contributed by atoms with Gasteiger partial charge in [-0.2, -0.15) is 0 Å². The van der Waals surface area contributed by atoms with Crippen LogP contribution in [0.25, 0.3) is 0 Å². The molecule has 1 rings (SSSR count). The molecule has 0 saturated heterocycles. The monoisotopic (exact) mass is 232 g/mol. The summed E-state index contributed by atoms with van der Waals surface area (Å²) in [7, 11) is 3.61. The number of methoxy groups -OCH3 is 1. The van der Waals surface area contributed by atoms with Crippen molar-refractivity contribution in [2.24, 2.45) is 0 Å². The van der Waals surface area contributed by atoms with E-state index < -0.39 is 0 Å². The SMILES string of the molecule is CC#CCCC(Cc1ccc(OC)nc1)NC. The Morgan fingerprint density at radius 3 is 2.82 bits per heavy atom. The first kappa shape index (κ1) is 13.5. The number of ether oxygens (including phenoxy) is 1. The van der Waals surface area contributed by atoms with Crippen molar-refractivity contribution in [2.45, 2.75) is 32.2 Å². The second-order valence-electron chi connectivity index (χ2n) is 3.86. The average Bonchev–Trinajstić information content (AvgIpc) is 2.38. The minimum absolute atomic E-state index is 0.450. The number of aromatic nitrogens is 1. The smallest absolute Gasteiger partial charge is 0.212 e. The van der Waals surface area contributed by atoms with Gasteiger partial charge in [0.25, 0.3) is 0 Å². The van der Waals surface area contributed by atoms with Crippen molar-refractivity contribution in [1.82, 2.24) is 10.3 Å². The van der Waals surface area contributed by atoms with E-state index in [0.717, 1.165) is 19.3 Å². The van der Waals surface area contributed by atoms with Gasteiger partial charge in [0.2, 0.25) is 5.88 Å². The lowest BCUT2D eigenvalue weighted by Crippen LogP contribution is -2.27. The molecule has 17 heavy (non-hydrogen) atoms. The predicted octanol–water partition coefficient (Wildman–Crippen LogP) is 2.02. The summed E-state index contributed by atoms with van der Waals surface area (Å²) >= 11 is 0. The van der Waals surface area contributed by atoms with Crippen LogP contribution in [0.3, 0.4) is 0 Å². The third-order valence-electron chi connectivity index (χ3n) is 2.69. The third kappa shape index (κ3) is 4.88. The Morgan fingerprint density at radius 2 is 2.29 bits per heavy atom. The number of hydrogen-bond donors (Lipinski definition) is 1. The highest BCUT2D eigenvalue weighted by Crippen LogP contribution is 2.10. The molecule has 0 aliphatic rings. The molecule has 1 aromatic heterocycles. The second kappa shape index (κ2) is 7.70. The van der Waals surface area contributed by atoms with Crippen LogP contribution in [-0.4, -0.2) is 25.2 Å². The Morgan fingerprint density at radius 1 is 1.47 bits per heavy atom. The maximum Gasteiger partial charge on any atom is 0.212 e. The minimum Gasteiger partial charge on any atom is -0.481 e. The van der Waals surface area contributed by atoms with Gasteiger partial charge in [0.15, 0.2) is 0 Å².